The van der Waals surface area contributed by atoms with Gasteiger partial charge in [-0.25, -0.2) is 0 Å². The summed E-state index contributed by atoms with van der Waals surface area (Å²) in [6.45, 7) is 0. The lowest BCUT2D eigenvalue weighted by molar-refractivity contribution is -0.137. The standard InChI is InChI=1S/C9H6F6N2S/c10-8(11,12)6-3-1-2-5(4-6)7(17-18-16)9(13,14)15/h1-4H,16H2/b17-7+. The molecule has 0 aliphatic heterocycles. The van der Waals surface area contributed by atoms with E-state index < -0.39 is 29.2 Å². The van der Waals surface area contributed by atoms with E-state index in [-0.39, 0.29) is 12.1 Å². The summed E-state index contributed by atoms with van der Waals surface area (Å²) in [5.41, 5.74) is -3.32. The second kappa shape index (κ2) is 5.19. The molecule has 1 rings (SSSR count). The van der Waals surface area contributed by atoms with Crippen LogP contribution in [0.15, 0.2) is 28.7 Å². The Morgan fingerprint density at radius 3 is 2.17 bits per heavy atom. The van der Waals surface area contributed by atoms with E-state index in [1.807, 2.05) is 0 Å². The van der Waals surface area contributed by atoms with Gasteiger partial charge in [-0.1, -0.05) is 12.1 Å². The van der Waals surface area contributed by atoms with Gasteiger partial charge in [-0.05, 0) is 12.1 Å². The molecule has 0 unspecified atom stereocenters. The summed E-state index contributed by atoms with van der Waals surface area (Å²) in [6.07, 6.45) is -9.60. The average molecular weight is 288 g/mol. The molecule has 18 heavy (non-hydrogen) atoms. The average Bonchev–Trinajstić information content (AvgIpc) is 2.23. The monoisotopic (exact) mass is 288 g/mol. The van der Waals surface area contributed by atoms with E-state index in [9.17, 15) is 26.3 Å². The highest BCUT2D eigenvalue weighted by Gasteiger charge is 2.38. The Kier molecular flexibility index (Phi) is 4.28. The van der Waals surface area contributed by atoms with Gasteiger partial charge in [0.25, 0.3) is 0 Å². The van der Waals surface area contributed by atoms with Crippen LogP contribution in [0.4, 0.5) is 26.3 Å². The largest absolute Gasteiger partial charge is 0.434 e. The van der Waals surface area contributed by atoms with Gasteiger partial charge in [0.2, 0.25) is 0 Å². The van der Waals surface area contributed by atoms with Crippen molar-refractivity contribution in [2.75, 3.05) is 0 Å². The van der Waals surface area contributed by atoms with Gasteiger partial charge in [0.1, 0.15) is 0 Å². The fourth-order valence-corrected chi connectivity index (χ4v) is 1.48. The normalized spacial score (nSPS) is 13.8. The predicted octanol–water partition coefficient (Wildman–Crippen LogP) is 3.58. The van der Waals surface area contributed by atoms with Gasteiger partial charge < -0.3 is 0 Å². The van der Waals surface area contributed by atoms with Crippen molar-refractivity contribution >= 4 is 17.8 Å². The maximum absolute atomic E-state index is 12.5. The lowest BCUT2D eigenvalue weighted by atomic mass is 10.1. The molecule has 2 N–H and O–H groups in total. The van der Waals surface area contributed by atoms with Crippen molar-refractivity contribution in [2.45, 2.75) is 12.4 Å². The highest BCUT2D eigenvalue weighted by Crippen LogP contribution is 2.31. The molecular formula is C9H6F6N2S. The summed E-state index contributed by atoms with van der Waals surface area (Å²) in [5.74, 6) is 0. The van der Waals surface area contributed by atoms with Gasteiger partial charge in [0.05, 0.1) is 17.7 Å². The molecule has 0 fully saturated rings. The third kappa shape index (κ3) is 3.64. The van der Waals surface area contributed by atoms with Gasteiger partial charge >= 0.3 is 12.4 Å². The molecule has 9 heteroatoms. The highest BCUT2D eigenvalue weighted by molar-refractivity contribution is 7.95. The third-order valence-electron chi connectivity index (χ3n) is 1.88. The molecule has 2 nitrogen and oxygen atoms in total. The van der Waals surface area contributed by atoms with Crippen molar-refractivity contribution in [2.24, 2.45) is 9.54 Å². The topological polar surface area (TPSA) is 38.4 Å². The van der Waals surface area contributed by atoms with Crippen LogP contribution in [0.5, 0.6) is 0 Å². The molecule has 0 heterocycles. The number of benzene rings is 1. The summed E-state index contributed by atoms with van der Waals surface area (Å²) >= 11 is 0.0315. The lowest BCUT2D eigenvalue weighted by Crippen LogP contribution is -2.24. The molecular weight excluding hydrogens is 282 g/mol. The molecule has 0 aromatic heterocycles. The van der Waals surface area contributed by atoms with Crippen molar-refractivity contribution in [1.82, 2.24) is 0 Å². The van der Waals surface area contributed by atoms with E-state index >= 15 is 0 Å². The predicted molar refractivity (Wildman–Crippen MR) is 55.8 cm³/mol. The molecule has 100 valence electrons. The van der Waals surface area contributed by atoms with E-state index in [2.05, 4.69) is 4.40 Å². The number of rotatable bonds is 2. The molecule has 0 aliphatic rings. The Morgan fingerprint density at radius 2 is 1.72 bits per heavy atom. The molecule has 0 saturated heterocycles. The molecule has 0 atom stereocenters. The van der Waals surface area contributed by atoms with Gasteiger partial charge in [-0.2, -0.15) is 30.7 Å². The molecule has 0 amide bonds. The van der Waals surface area contributed by atoms with Crippen LogP contribution < -0.4 is 5.14 Å². The summed E-state index contributed by atoms with van der Waals surface area (Å²) in [5, 5.41) is 4.79. The first kappa shape index (κ1) is 14.8. The lowest BCUT2D eigenvalue weighted by Gasteiger charge is -2.12. The van der Waals surface area contributed by atoms with Crippen molar-refractivity contribution in [3.8, 4) is 0 Å². The number of nitrogens with two attached hydrogens (primary N) is 1. The fourth-order valence-electron chi connectivity index (χ4n) is 1.16. The van der Waals surface area contributed by atoms with Crippen LogP contribution in [0.1, 0.15) is 11.1 Å². The zero-order chi connectivity index (χ0) is 14.0. The minimum absolute atomic E-state index is 0.0315. The quantitative estimate of drug-likeness (QED) is 0.513. The second-order valence-corrected chi connectivity index (χ2v) is 3.52. The number of hydrogen-bond acceptors (Lipinski definition) is 3. The van der Waals surface area contributed by atoms with E-state index in [1.54, 1.807) is 0 Å². The van der Waals surface area contributed by atoms with Gasteiger partial charge in [-0.3, -0.25) is 5.14 Å². The molecule has 0 bridgehead atoms. The van der Waals surface area contributed by atoms with Gasteiger partial charge in [-0.15, -0.1) is 0 Å². The fraction of sp³-hybridized carbons (Fsp3) is 0.222. The van der Waals surface area contributed by atoms with Crippen LogP contribution in [0.25, 0.3) is 0 Å². The first-order valence-corrected chi connectivity index (χ1v) is 5.18. The highest BCUT2D eigenvalue weighted by atomic mass is 32.2. The Balaban J connectivity index is 3.28. The van der Waals surface area contributed by atoms with Crippen molar-refractivity contribution in [3.63, 3.8) is 0 Å². The molecule has 0 aliphatic carbocycles. The maximum Gasteiger partial charge on any atom is 0.434 e. The molecule has 1 aromatic rings. The molecule has 0 spiro atoms. The molecule has 0 saturated carbocycles. The summed E-state index contributed by atoms with van der Waals surface area (Å²) in [7, 11) is 0. The minimum atomic E-state index is -4.88. The second-order valence-electron chi connectivity index (χ2n) is 3.12. The molecule has 0 radical (unpaired) electrons. The van der Waals surface area contributed by atoms with E-state index in [0.717, 1.165) is 12.1 Å². The van der Waals surface area contributed by atoms with Crippen LogP contribution in [-0.4, -0.2) is 11.9 Å². The zero-order valence-corrected chi connectivity index (χ0v) is 9.33. The van der Waals surface area contributed by atoms with E-state index in [4.69, 9.17) is 5.14 Å². The Morgan fingerprint density at radius 1 is 1.11 bits per heavy atom. The SMILES string of the molecule is NS/N=C(\c1cccc(C(F)(F)F)c1)C(F)(F)F. The zero-order valence-electron chi connectivity index (χ0n) is 8.51. The molecule has 1 aromatic carbocycles. The summed E-state index contributed by atoms with van der Waals surface area (Å²) in [4.78, 5) is 0. The first-order chi connectivity index (χ1) is 8.16. The summed E-state index contributed by atoms with van der Waals surface area (Å²) in [6, 6.07) is 2.81. The van der Waals surface area contributed by atoms with E-state index in [0.29, 0.717) is 12.1 Å². The Bertz CT molecular complexity index is 451. The van der Waals surface area contributed by atoms with Gasteiger partial charge in [0.15, 0.2) is 5.71 Å². The van der Waals surface area contributed by atoms with Crippen LogP contribution >= 0.6 is 12.1 Å². The Hall–Kier alpha value is -1.22. The van der Waals surface area contributed by atoms with Crippen LogP contribution in [0, 0.1) is 0 Å². The first-order valence-electron chi connectivity index (χ1n) is 4.35. The number of halogens is 6. The van der Waals surface area contributed by atoms with Crippen molar-refractivity contribution in [3.05, 3.63) is 35.4 Å². The number of alkyl halides is 6. The van der Waals surface area contributed by atoms with Gasteiger partial charge in [0, 0.05) is 5.56 Å². The van der Waals surface area contributed by atoms with Crippen molar-refractivity contribution < 1.29 is 26.3 Å². The third-order valence-corrected chi connectivity index (χ3v) is 2.16. The number of hydrogen-bond donors (Lipinski definition) is 1. The van der Waals surface area contributed by atoms with Crippen molar-refractivity contribution in [1.29, 1.82) is 0 Å². The van der Waals surface area contributed by atoms with Crippen LogP contribution in [0.2, 0.25) is 0 Å². The summed E-state index contributed by atoms with van der Waals surface area (Å²) < 4.78 is 77.6. The van der Waals surface area contributed by atoms with Crippen LogP contribution in [0.3, 0.4) is 0 Å². The minimum Gasteiger partial charge on any atom is -0.258 e. The Labute approximate surface area is 102 Å². The number of nitrogens with zero attached hydrogens (tertiary/aromatic N) is 1. The maximum atomic E-state index is 12.5. The van der Waals surface area contributed by atoms with E-state index in [1.165, 1.54) is 0 Å². The smallest absolute Gasteiger partial charge is 0.258 e. The van der Waals surface area contributed by atoms with Crippen LogP contribution in [-0.2, 0) is 6.18 Å².